The van der Waals surface area contributed by atoms with Crippen LogP contribution in [0.15, 0.2) is 28.7 Å². The van der Waals surface area contributed by atoms with Gasteiger partial charge in [-0.1, -0.05) is 41.1 Å². The molecule has 1 aliphatic rings. The second-order valence-corrected chi connectivity index (χ2v) is 8.11. The molecule has 1 fully saturated rings. The van der Waals surface area contributed by atoms with Gasteiger partial charge < -0.3 is 0 Å². The third-order valence-electron chi connectivity index (χ3n) is 3.25. The largest absolute Gasteiger partial charge is 0.271 e. The molecule has 0 radical (unpaired) electrons. The van der Waals surface area contributed by atoms with Crippen molar-refractivity contribution in [1.29, 1.82) is 0 Å². The molecule has 0 aromatic heterocycles. The number of benzene rings is 1. The Hall–Kier alpha value is 0.320. The van der Waals surface area contributed by atoms with Gasteiger partial charge in [-0.25, -0.2) is 0 Å². The first-order valence-corrected chi connectivity index (χ1v) is 9.04. The molecule has 1 aromatic carbocycles. The van der Waals surface area contributed by atoms with E-state index in [1.807, 2.05) is 6.07 Å². The molecule has 0 bridgehead atoms. The van der Waals surface area contributed by atoms with Crippen molar-refractivity contribution in [2.75, 3.05) is 11.5 Å². The lowest BCUT2D eigenvalue weighted by Gasteiger charge is -2.34. The Morgan fingerprint density at radius 1 is 1.39 bits per heavy atom. The fraction of sp³-hybridized carbons (Fsp3) is 0.538. The molecule has 18 heavy (non-hydrogen) atoms. The topological polar surface area (TPSA) is 38.0 Å². The van der Waals surface area contributed by atoms with Gasteiger partial charge in [0.05, 0.1) is 0 Å². The van der Waals surface area contributed by atoms with Gasteiger partial charge in [0.1, 0.15) is 0 Å². The van der Waals surface area contributed by atoms with Gasteiger partial charge in [-0.05, 0) is 18.1 Å². The first kappa shape index (κ1) is 14.7. The second kappa shape index (κ2) is 7.20. The van der Waals surface area contributed by atoms with Gasteiger partial charge in [0.15, 0.2) is 0 Å². The molecule has 0 aliphatic carbocycles. The minimum absolute atomic E-state index is 0.330. The molecule has 1 heterocycles. The summed E-state index contributed by atoms with van der Waals surface area (Å²) < 4.78 is 1.17. The molecule has 100 valence electrons. The lowest BCUT2D eigenvalue weighted by Crippen LogP contribution is -2.48. The molecular formula is C13H19BrN2S2. The van der Waals surface area contributed by atoms with Crippen LogP contribution in [0.1, 0.15) is 12.5 Å². The molecule has 0 spiro atoms. The molecule has 1 aliphatic heterocycles. The van der Waals surface area contributed by atoms with Gasteiger partial charge in [0.25, 0.3) is 0 Å². The quantitative estimate of drug-likeness (QED) is 0.649. The number of nitrogens with two attached hydrogens (primary N) is 1. The van der Waals surface area contributed by atoms with Crippen molar-refractivity contribution in [3.63, 3.8) is 0 Å². The van der Waals surface area contributed by atoms with Crippen LogP contribution in [0.4, 0.5) is 0 Å². The van der Waals surface area contributed by atoms with Crippen LogP contribution in [0.3, 0.4) is 0 Å². The van der Waals surface area contributed by atoms with E-state index < -0.39 is 0 Å². The number of hydrogen-bond acceptors (Lipinski definition) is 4. The number of hydrazine groups is 1. The van der Waals surface area contributed by atoms with E-state index in [9.17, 15) is 0 Å². The third-order valence-corrected chi connectivity index (χ3v) is 7.27. The summed E-state index contributed by atoms with van der Waals surface area (Å²) >= 11 is 7.72. The zero-order chi connectivity index (χ0) is 13.0. The van der Waals surface area contributed by atoms with Crippen molar-refractivity contribution >= 4 is 39.5 Å². The fourth-order valence-electron chi connectivity index (χ4n) is 2.26. The maximum atomic E-state index is 5.78. The third kappa shape index (κ3) is 3.67. The lowest BCUT2D eigenvalue weighted by atomic mass is 10.0. The summed E-state index contributed by atoms with van der Waals surface area (Å²) in [6, 6.07) is 8.72. The molecular weight excluding hydrogens is 328 g/mol. The van der Waals surface area contributed by atoms with Crippen molar-refractivity contribution in [2.24, 2.45) is 5.84 Å². The van der Waals surface area contributed by atoms with Gasteiger partial charge in [-0.15, -0.1) is 0 Å². The highest BCUT2D eigenvalue weighted by atomic mass is 79.9. The van der Waals surface area contributed by atoms with Crippen LogP contribution >= 0.6 is 39.5 Å². The monoisotopic (exact) mass is 346 g/mol. The van der Waals surface area contributed by atoms with E-state index >= 15 is 0 Å². The summed E-state index contributed by atoms with van der Waals surface area (Å²) in [4.78, 5) is 0. The summed E-state index contributed by atoms with van der Waals surface area (Å²) in [5.41, 5.74) is 4.35. The van der Waals surface area contributed by atoms with Gasteiger partial charge in [-0.2, -0.15) is 23.5 Å². The first-order chi connectivity index (χ1) is 8.72. The van der Waals surface area contributed by atoms with E-state index in [2.05, 4.69) is 70.0 Å². The highest BCUT2D eigenvalue weighted by molar-refractivity contribution is 9.10. The lowest BCUT2D eigenvalue weighted by molar-refractivity contribution is 0.501. The van der Waals surface area contributed by atoms with E-state index in [-0.39, 0.29) is 0 Å². The number of thioether (sulfide) groups is 2. The molecule has 2 nitrogen and oxygen atoms in total. The molecule has 3 atom stereocenters. The van der Waals surface area contributed by atoms with Crippen LogP contribution in [0.5, 0.6) is 0 Å². The van der Waals surface area contributed by atoms with E-state index in [4.69, 9.17) is 5.84 Å². The summed E-state index contributed by atoms with van der Waals surface area (Å²) in [7, 11) is 0. The highest BCUT2D eigenvalue weighted by Crippen LogP contribution is 2.34. The number of nitrogens with one attached hydrogen (secondary N) is 1. The average Bonchev–Trinajstić information content (AvgIpc) is 2.39. The maximum absolute atomic E-state index is 5.78. The number of rotatable bonds is 4. The summed E-state index contributed by atoms with van der Waals surface area (Å²) in [6.07, 6.45) is 0.973. The molecule has 3 N–H and O–H groups in total. The van der Waals surface area contributed by atoms with Crippen LogP contribution in [0.25, 0.3) is 0 Å². The zero-order valence-electron chi connectivity index (χ0n) is 10.4. The van der Waals surface area contributed by atoms with Gasteiger partial charge in [0, 0.05) is 32.5 Å². The maximum Gasteiger partial charge on any atom is 0.0380 e. The van der Waals surface area contributed by atoms with Crippen LogP contribution < -0.4 is 11.3 Å². The Labute approximate surface area is 126 Å². The van der Waals surface area contributed by atoms with Crippen LogP contribution in [-0.4, -0.2) is 28.0 Å². The molecule has 1 aromatic rings. The minimum Gasteiger partial charge on any atom is -0.271 e. The average molecular weight is 347 g/mol. The van der Waals surface area contributed by atoms with Crippen LogP contribution in [-0.2, 0) is 6.42 Å². The van der Waals surface area contributed by atoms with Crippen molar-refractivity contribution in [3.05, 3.63) is 34.3 Å². The van der Waals surface area contributed by atoms with Gasteiger partial charge in [-0.3, -0.25) is 11.3 Å². The summed E-state index contributed by atoms with van der Waals surface area (Å²) in [5, 5.41) is 1.24. The standard InChI is InChI=1S/C13H19BrN2S2/c1-9-13(18-7-6-17-9)12(16-15)8-10-4-2-3-5-11(10)14/h2-5,9,12-13,16H,6-8,15H2,1H3. The predicted octanol–water partition coefficient (Wildman–Crippen LogP) is 3.06. The smallest absolute Gasteiger partial charge is 0.0380 e. The van der Waals surface area contributed by atoms with Crippen LogP contribution in [0, 0.1) is 0 Å². The normalized spacial score (nSPS) is 25.9. The van der Waals surface area contributed by atoms with E-state index in [0.29, 0.717) is 16.5 Å². The van der Waals surface area contributed by atoms with E-state index in [0.717, 1.165) is 6.42 Å². The second-order valence-electron chi connectivity index (χ2n) is 4.48. The SMILES string of the molecule is CC1SCCSC1C(Cc1ccccc1Br)NN. The van der Waals surface area contributed by atoms with Gasteiger partial charge >= 0.3 is 0 Å². The Morgan fingerprint density at radius 3 is 2.78 bits per heavy atom. The molecule has 1 saturated heterocycles. The Morgan fingerprint density at radius 2 is 2.11 bits per heavy atom. The van der Waals surface area contributed by atoms with E-state index in [1.165, 1.54) is 21.5 Å². The van der Waals surface area contributed by atoms with Crippen molar-refractivity contribution in [2.45, 2.75) is 29.9 Å². The Bertz CT molecular complexity index is 389. The van der Waals surface area contributed by atoms with Crippen molar-refractivity contribution < 1.29 is 0 Å². The summed E-state index contributed by atoms with van der Waals surface area (Å²) in [5.74, 6) is 8.26. The highest BCUT2D eigenvalue weighted by Gasteiger charge is 2.30. The van der Waals surface area contributed by atoms with E-state index in [1.54, 1.807) is 0 Å². The molecule has 3 unspecified atom stereocenters. The molecule has 0 amide bonds. The number of hydrogen-bond donors (Lipinski definition) is 2. The predicted molar refractivity (Wildman–Crippen MR) is 87.1 cm³/mol. The zero-order valence-corrected chi connectivity index (χ0v) is 13.7. The fourth-order valence-corrected chi connectivity index (χ4v) is 5.65. The Kier molecular flexibility index (Phi) is 5.89. The summed E-state index contributed by atoms with van der Waals surface area (Å²) in [6.45, 7) is 2.31. The van der Waals surface area contributed by atoms with Gasteiger partial charge in [0.2, 0.25) is 0 Å². The minimum atomic E-state index is 0.330. The Balaban J connectivity index is 2.07. The first-order valence-electron chi connectivity index (χ1n) is 6.15. The number of halogens is 1. The van der Waals surface area contributed by atoms with Crippen molar-refractivity contribution in [3.8, 4) is 0 Å². The molecule has 0 saturated carbocycles. The molecule has 5 heteroatoms. The molecule has 2 rings (SSSR count). The van der Waals surface area contributed by atoms with Crippen LogP contribution in [0.2, 0.25) is 0 Å². The van der Waals surface area contributed by atoms with Crippen molar-refractivity contribution in [1.82, 2.24) is 5.43 Å².